The lowest BCUT2D eigenvalue weighted by molar-refractivity contribution is 0.532. The van der Waals surface area contributed by atoms with Crippen LogP contribution in [0, 0.1) is 11.7 Å². The lowest BCUT2D eigenvalue weighted by Crippen LogP contribution is -2.30. The largest absolute Gasteiger partial charge is 0.243 e. The maximum absolute atomic E-state index is 13.4. The van der Waals surface area contributed by atoms with Crippen molar-refractivity contribution in [1.29, 1.82) is 0 Å². The van der Waals surface area contributed by atoms with Gasteiger partial charge in [0.25, 0.3) is 0 Å². The molecule has 0 saturated carbocycles. The highest BCUT2D eigenvalue weighted by Gasteiger charge is 2.29. The normalized spacial score (nSPS) is 22.5. The third-order valence-corrected chi connectivity index (χ3v) is 6.31. The molecule has 2 rings (SSSR count). The van der Waals surface area contributed by atoms with Gasteiger partial charge < -0.3 is 0 Å². The fraction of sp³-hybridized carbons (Fsp3) is 0.455. The van der Waals surface area contributed by atoms with Crippen molar-refractivity contribution in [3.63, 3.8) is 0 Å². The standard InChI is InChI=1S/C11H14FNO4S2/c12-10-3-1-2-4-11(10)19(16,17)13-7-9-5-6-18(14,15)8-9/h1-4,9,13H,5-8H2. The molecule has 1 fully saturated rings. The molecule has 8 heteroatoms. The summed E-state index contributed by atoms with van der Waals surface area (Å²) < 4.78 is 61.9. The number of benzene rings is 1. The van der Waals surface area contributed by atoms with E-state index in [1.54, 1.807) is 0 Å². The summed E-state index contributed by atoms with van der Waals surface area (Å²) in [5.74, 6) is -1.01. The van der Waals surface area contributed by atoms with Crippen LogP contribution in [0.2, 0.25) is 0 Å². The van der Waals surface area contributed by atoms with Crippen LogP contribution in [0.25, 0.3) is 0 Å². The van der Waals surface area contributed by atoms with Crippen molar-refractivity contribution < 1.29 is 21.2 Å². The quantitative estimate of drug-likeness (QED) is 0.880. The van der Waals surface area contributed by atoms with Gasteiger partial charge in [0, 0.05) is 6.54 Å². The van der Waals surface area contributed by atoms with E-state index in [-0.39, 0.29) is 24.0 Å². The molecule has 1 aliphatic rings. The number of rotatable bonds is 4. The number of sulfonamides is 1. The van der Waals surface area contributed by atoms with Crippen LogP contribution in [-0.2, 0) is 19.9 Å². The first-order valence-corrected chi connectivity index (χ1v) is 9.05. The predicted octanol–water partition coefficient (Wildman–Crippen LogP) is 0.539. The summed E-state index contributed by atoms with van der Waals surface area (Å²) in [7, 11) is -6.98. The lowest BCUT2D eigenvalue weighted by Gasteiger charge is -2.10. The molecule has 5 nitrogen and oxygen atoms in total. The van der Waals surface area contributed by atoms with Gasteiger partial charge in [-0.05, 0) is 24.5 Å². The maximum Gasteiger partial charge on any atom is 0.243 e. The first kappa shape index (κ1) is 14.4. The number of hydrogen-bond donors (Lipinski definition) is 1. The molecular weight excluding hydrogens is 293 g/mol. The highest BCUT2D eigenvalue weighted by molar-refractivity contribution is 7.91. The SMILES string of the molecule is O=S1(=O)CCC(CNS(=O)(=O)c2ccccc2F)C1. The van der Waals surface area contributed by atoms with E-state index in [2.05, 4.69) is 4.72 Å². The fourth-order valence-electron chi connectivity index (χ4n) is 2.00. The van der Waals surface area contributed by atoms with E-state index < -0.39 is 30.6 Å². The number of halogens is 1. The van der Waals surface area contributed by atoms with Crippen LogP contribution >= 0.6 is 0 Å². The highest BCUT2D eigenvalue weighted by Crippen LogP contribution is 2.19. The highest BCUT2D eigenvalue weighted by atomic mass is 32.2. The van der Waals surface area contributed by atoms with Crippen LogP contribution in [0.15, 0.2) is 29.2 Å². The smallest absolute Gasteiger partial charge is 0.229 e. The summed E-state index contributed by atoms with van der Waals surface area (Å²) >= 11 is 0. The molecule has 0 spiro atoms. The third kappa shape index (κ3) is 3.52. The molecule has 1 aromatic carbocycles. The van der Waals surface area contributed by atoms with Crippen molar-refractivity contribution in [2.24, 2.45) is 5.92 Å². The second-order valence-corrected chi connectivity index (χ2v) is 8.52. The van der Waals surface area contributed by atoms with Gasteiger partial charge in [0.2, 0.25) is 10.0 Å². The van der Waals surface area contributed by atoms with Crippen LogP contribution < -0.4 is 4.72 Å². The Balaban J connectivity index is 2.05. The first-order chi connectivity index (χ1) is 8.80. The number of sulfone groups is 1. The monoisotopic (exact) mass is 307 g/mol. The molecule has 1 aromatic rings. The zero-order chi connectivity index (χ0) is 14.1. The molecule has 0 aromatic heterocycles. The molecule has 1 aliphatic heterocycles. The van der Waals surface area contributed by atoms with E-state index in [0.717, 1.165) is 6.07 Å². The Morgan fingerprint density at radius 1 is 1.32 bits per heavy atom. The van der Waals surface area contributed by atoms with Crippen molar-refractivity contribution in [2.45, 2.75) is 11.3 Å². The summed E-state index contributed by atoms with van der Waals surface area (Å²) in [6.07, 6.45) is 0.433. The maximum atomic E-state index is 13.4. The summed E-state index contributed by atoms with van der Waals surface area (Å²) in [4.78, 5) is -0.421. The molecule has 0 amide bonds. The second-order valence-electron chi connectivity index (χ2n) is 4.55. The van der Waals surface area contributed by atoms with Crippen molar-refractivity contribution in [3.05, 3.63) is 30.1 Å². The Kier molecular flexibility index (Phi) is 3.93. The Bertz CT molecular complexity index is 670. The van der Waals surface area contributed by atoms with Crippen molar-refractivity contribution in [2.75, 3.05) is 18.1 Å². The van der Waals surface area contributed by atoms with Gasteiger partial charge in [-0.1, -0.05) is 12.1 Å². The average Bonchev–Trinajstić information content (AvgIpc) is 2.67. The molecule has 106 valence electrons. The summed E-state index contributed by atoms with van der Waals surface area (Å²) in [5.41, 5.74) is 0. The minimum Gasteiger partial charge on any atom is -0.229 e. The van der Waals surface area contributed by atoms with Crippen molar-refractivity contribution in [1.82, 2.24) is 4.72 Å². The molecule has 1 unspecified atom stereocenters. The van der Waals surface area contributed by atoms with Crippen LogP contribution in [0.4, 0.5) is 4.39 Å². The topological polar surface area (TPSA) is 80.3 Å². The minimum atomic E-state index is -3.94. The zero-order valence-corrected chi connectivity index (χ0v) is 11.7. The molecule has 0 radical (unpaired) electrons. The lowest BCUT2D eigenvalue weighted by atomic mass is 10.1. The molecule has 0 bridgehead atoms. The average molecular weight is 307 g/mol. The van der Waals surface area contributed by atoms with Gasteiger partial charge in [-0.25, -0.2) is 25.9 Å². The molecule has 0 aliphatic carbocycles. The van der Waals surface area contributed by atoms with Gasteiger partial charge in [-0.3, -0.25) is 0 Å². The van der Waals surface area contributed by atoms with E-state index in [1.165, 1.54) is 18.2 Å². The molecular formula is C11H14FNO4S2. The van der Waals surface area contributed by atoms with Crippen LogP contribution in [0.3, 0.4) is 0 Å². The molecule has 1 N–H and O–H groups in total. The van der Waals surface area contributed by atoms with Crippen molar-refractivity contribution >= 4 is 19.9 Å². The van der Waals surface area contributed by atoms with Gasteiger partial charge in [0.05, 0.1) is 11.5 Å². The summed E-state index contributed by atoms with van der Waals surface area (Å²) in [6, 6.07) is 5.06. The molecule has 19 heavy (non-hydrogen) atoms. The van der Waals surface area contributed by atoms with Gasteiger partial charge in [-0.15, -0.1) is 0 Å². The van der Waals surface area contributed by atoms with Gasteiger partial charge in [0.1, 0.15) is 10.7 Å². The Hall–Kier alpha value is -0.990. The fourth-order valence-corrected chi connectivity index (χ4v) is 5.06. The van der Waals surface area contributed by atoms with Crippen molar-refractivity contribution in [3.8, 4) is 0 Å². The number of hydrogen-bond acceptors (Lipinski definition) is 4. The Morgan fingerprint density at radius 3 is 2.58 bits per heavy atom. The second kappa shape index (κ2) is 5.18. The summed E-state index contributed by atoms with van der Waals surface area (Å²) in [5, 5.41) is 0. The third-order valence-electron chi connectivity index (χ3n) is 3.01. The van der Waals surface area contributed by atoms with Crippen LogP contribution in [-0.4, -0.2) is 34.9 Å². The van der Waals surface area contributed by atoms with Crippen LogP contribution in [0.5, 0.6) is 0 Å². The molecule has 1 saturated heterocycles. The van der Waals surface area contributed by atoms with Gasteiger partial charge in [0.15, 0.2) is 9.84 Å². The number of nitrogens with one attached hydrogen (secondary N) is 1. The predicted molar refractivity (Wildman–Crippen MR) is 68.3 cm³/mol. The molecule has 1 atom stereocenters. The first-order valence-electron chi connectivity index (χ1n) is 5.75. The van der Waals surface area contributed by atoms with E-state index >= 15 is 0 Å². The minimum absolute atomic E-state index is 0.00982. The van der Waals surface area contributed by atoms with E-state index in [4.69, 9.17) is 0 Å². The Labute approximate surface area is 111 Å². The summed E-state index contributed by atoms with van der Waals surface area (Å²) in [6.45, 7) is 0.00982. The Morgan fingerprint density at radius 2 is 2.00 bits per heavy atom. The zero-order valence-electron chi connectivity index (χ0n) is 10.0. The van der Waals surface area contributed by atoms with Crippen LogP contribution in [0.1, 0.15) is 6.42 Å². The van der Waals surface area contributed by atoms with Gasteiger partial charge >= 0.3 is 0 Å². The van der Waals surface area contributed by atoms with E-state index in [1.807, 2.05) is 0 Å². The molecule has 1 heterocycles. The van der Waals surface area contributed by atoms with E-state index in [0.29, 0.717) is 6.42 Å². The van der Waals surface area contributed by atoms with Gasteiger partial charge in [-0.2, -0.15) is 0 Å². The van der Waals surface area contributed by atoms with E-state index in [9.17, 15) is 21.2 Å².